The second kappa shape index (κ2) is 9.37. The molecule has 1 fully saturated rings. The zero-order chi connectivity index (χ0) is 19.2. The molecule has 1 saturated heterocycles. The standard InChI is InChI=1S/C19H30N2O4S/c1-4-9-15(3)19(22)20-16-10-11-17(25-5-2)18(14-16)26(23,24)21-12-7-6-8-13-21/h10-11,14-15H,4-9,12-13H2,1-3H3,(H,20,22). The molecule has 7 heteroatoms. The van der Waals surface area contributed by atoms with Gasteiger partial charge in [0.05, 0.1) is 6.61 Å². The Morgan fingerprint density at radius 1 is 1.23 bits per heavy atom. The Bertz CT molecular complexity index is 712. The minimum absolute atomic E-state index is 0.0997. The van der Waals surface area contributed by atoms with E-state index in [1.54, 1.807) is 12.1 Å². The van der Waals surface area contributed by atoms with Crippen molar-refractivity contribution in [1.29, 1.82) is 0 Å². The summed E-state index contributed by atoms with van der Waals surface area (Å²) in [5, 5.41) is 2.83. The van der Waals surface area contributed by atoms with E-state index in [9.17, 15) is 13.2 Å². The fraction of sp³-hybridized carbons (Fsp3) is 0.632. The van der Waals surface area contributed by atoms with Gasteiger partial charge in [0.2, 0.25) is 15.9 Å². The molecule has 0 saturated carbocycles. The lowest BCUT2D eigenvalue weighted by atomic mass is 10.1. The van der Waals surface area contributed by atoms with Crippen molar-refractivity contribution >= 4 is 21.6 Å². The van der Waals surface area contributed by atoms with Gasteiger partial charge in [0.15, 0.2) is 0 Å². The van der Waals surface area contributed by atoms with Crippen LogP contribution in [0.3, 0.4) is 0 Å². The minimum atomic E-state index is -3.65. The molecule has 26 heavy (non-hydrogen) atoms. The van der Waals surface area contributed by atoms with Crippen LogP contribution in [0.5, 0.6) is 5.75 Å². The molecular formula is C19H30N2O4S. The lowest BCUT2D eigenvalue weighted by Gasteiger charge is -2.27. The number of ether oxygens (including phenoxy) is 1. The smallest absolute Gasteiger partial charge is 0.246 e. The Kier molecular flexibility index (Phi) is 7.46. The minimum Gasteiger partial charge on any atom is -0.492 e. The van der Waals surface area contributed by atoms with E-state index in [1.165, 1.54) is 10.4 Å². The van der Waals surface area contributed by atoms with E-state index in [0.717, 1.165) is 32.1 Å². The molecule has 0 bridgehead atoms. The molecule has 1 aliphatic heterocycles. The number of carbonyl (C=O) groups excluding carboxylic acids is 1. The van der Waals surface area contributed by atoms with Crippen molar-refractivity contribution in [3.05, 3.63) is 18.2 Å². The van der Waals surface area contributed by atoms with Gasteiger partial charge in [0.25, 0.3) is 0 Å². The Balaban J connectivity index is 2.31. The Morgan fingerprint density at radius 2 is 1.92 bits per heavy atom. The van der Waals surface area contributed by atoms with Crippen LogP contribution in [0.1, 0.15) is 52.9 Å². The van der Waals surface area contributed by atoms with Gasteiger partial charge in [-0.2, -0.15) is 4.31 Å². The molecule has 1 aliphatic rings. The highest BCUT2D eigenvalue weighted by Crippen LogP contribution is 2.31. The number of amides is 1. The predicted octanol–water partition coefficient (Wildman–Crippen LogP) is 3.63. The van der Waals surface area contributed by atoms with Crippen molar-refractivity contribution in [3.63, 3.8) is 0 Å². The van der Waals surface area contributed by atoms with Crippen LogP contribution in [0.2, 0.25) is 0 Å². The van der Waals surface area contributed by atoms with Gasteiger partial charge < -0.3 is 10.1 Å². The van der Waals surface area contributed by atoms with Crippen LogP contribution < -0.4 is 10.1 Å². The number of sulfonamides is 1. The highest BCUT2D eigenvalue weighted by atomic mass is 32.2. The Labute approximate surface area is 157 Å². The average Bonchev–Trinajstić information content (AvgIpc) is 2.64. The maximum absolute atomic E-state index is 13.1. The molecule has 1 heterocycles. The van der Waals surface area contributed by atoms with Crippen LogP contribution >= 0.6 is 0 Å². The number of carbonyl (C=O) groups is 1. The molecule has 2 rings (SSSR count). The highest BCUT2D eigenvalue weighted by molar-refractivity contribution is 7.89. The molecule has 1 N–H and O–H groups in total. The Hall–Kier alpha value is -1.60. The molecule has 1 aromatic rings. The number of nitrogens with one attached hydrogen (secondary N) is 1. The molecule has 0 aliphatic carbocycles. The zero-order valence-corrected chi connectivity index (χ0v) is 16.8. The van der Waals surface area contributed by atoms with E-state index in [-0.39, 0.29) is 16.7 Å². The van der Waals surface area contributed by atoms with Crippen molar-refractivity contribution in [2.24, 2.45) is 5.92 Å². The second-order valence-electron chi connectivity index (χ2n) is 6.74. The van der Waals surface area contributed by atoms with Crippen molar-refractivity contribution in [1.82, 2.24) is 4.31 Å². The number of nitrogens with zero attached hydrogens (tertiary/aromatic N) is 1. The predicted molar refractivity (Wildman–Crippen MR) is 103 cm³/mol. The normalized spacial score (nSPS) is 16.9. The second-order valence-corrected chi connectivity index (χ2v) is 8.64. The van der Waals surface area contributed by atoms with Crippen LogP contribution in [-0.4, -0.2) is 38.3 Å². The number of piperidine rings is 1. The largest absolute Gasteiger partial charge is 0.492 e. The van der Waals surface area contributed by atoms with Gasteiger partial charge in [0.1, 0.15) is 10.6 Å². The molecule has 0 radical (unpaired) electrons. The van der Waals surface area contributed by atoms with Crippen molar-refractivity contribution in [3.8, 4) is 5.75 Å². The summed E-state index contributed by atoms with van der Waals surface area (Å²) in [6.45, 7) is 7.15. The van der Waals surface area contributed by atoms with Crippen LogP contribution in [0.25, 0.3) is 0 Å². The topological polar surface area (TPSA) is 75.7 Å². The Morgan fingerprint density at radius 3 is 2.54 bits per heavy atom. The van der Waals surface area contributed by atoms with E-state index in [0.29, 0.717) is 31.1 Å². The van der Waals surface area contributed by atoms with Crippen molar-refractivity contribution in [2.45, 2.75) is 57.8 Å². The number of anilines is 1. The third-order valence-corrected chi connectivity index (χ3v) is 6.53. The molecule has 0 aromatic heterocycles. The van der Waals surface area contributed by atoms with Crippen LogP contribution in [0.15, 0.2) is 23.1 Å². The third-order valence-electron chi connectivity index (χ3n) is 4.61. The summed E-state index contributed by atoms with van der Waals surface area (Å²) >= 11 is 0. The van der Waals surface area contributed by atoms with Gasteiger partial charge >= 0.3 is 0 Å². The summed E-state index contributed by atoms with van der Waals surface area (Å²) in [6, 6.07) is 4.84. The first-order valence-corrected chi connectivity index (χ1v) is 10.9. The van der Waals surface area contributed by atoms with E-state index in [4.69, 9.17) is 4.74 Å². The maximum Gasteiger partial charge on any atom is 0.246 e. The monoisotopic (exact) mass is 382 g/mol. The van der Waals surface area contributed by atoms with Gasteiger partial charge in [0, 0.05) is 24.7 Å². The average molecular weight is 383 g/mol. The van der Waals surface area contributed by atoms with Crippen molar-refractivity contribution in [2.75, 3.05) is 25.0 Å². The van der Waals surface area contributed by atoms with Gasteiger partial charge in [-0.25, -0.2) is 8.42 Å². The fourth-order valence-electron chi connectivity index (χ4n) is 3.14. The summed E-state index contributed by atoms with van der Waals surface area (Å²) in [4.78, 5) is 12.4. The van der Waals surface area contributed by atoms with Crippen LogP contribution in [0.4, 0.5) is 5.69 Å². The van der Waals surface area contributed by atoms with Gasteiger partial charge in [-0.1, -0.05) is 26.7 Å². The molecular weight excluding hydrogens is 352 g/mol. The van der Waals surface area contributed by atoms with E-state index in [1.807, 2.05) is 20.8 Å². The van der Waals surface area contributed by atoms with Crippen LogP contribution in [-0.2, 0) is 14.8 Å². The van der Waals surface area contributed by atoms with Gasteiger partial charge in [-0.05, 0) is 44.4 Å². The van der Waals surface area contributed by atoms with E-state index < -0.39 is 10.0 Å². The summed E-state index contributed by atoms with van der Waals surface area (Å²) in [5.41, 5.74) is 0.483. The molecule has 6 nitrogen and oxygen atoms in total. The zero-order valence-electron chi connectivity index (χ0n) is 16.0. The molecule has 1 atom stereocenters. The van der Waals surface area contributed by atoms with E-state index >= 15 is 0 Å². The summed E-state index contributed by atoms with van der Waals surface area (Å²) in [7, 11) is -3.65. The van der Waals surface area contributed by atoms with Gasteiger partial charge in [-0.15, -0.1) is 0 Å². The fourth-order valence-corrected chi connectivity index (χ4v) is 4.81. The quantitative estimate of drug-likeness (QED) is 0.745. The highest BCUT2D eigenvalue weighted by Gasteiger charge is 2.29. The van der Waals surface area contributed by atoms with Crippen molar-refractivity contribution < 1.29 is 17.9 Å². The molecule has 1 aromatic carbocycles. The lowest BCUT2D eigenvalue weighted by molar-refractivity contribution is -0.119. The number of hydrogen-bond acceptors (Lipinski definition) is 4. The maximum atomic E-state index is 13.1. The first kappa shape index (κ1) is 20.7. The first-order chi connectivity index (χ1) is 12.4. The molecule has 146 valence electrons. The number of hydrogen-bond donors (Lipinski definition) is 1. The molecule has 1 amide bonds. The summed E-state index contributed by atoms with van der Waals surface area (Å²) < 4.78 is 33.2. The number of benzene rings is 1. The third kappa shape index (κ3) is 4.98. The van der Waals surface area contributed by atoms with E-state index in [2.05, 4.69) is 5.32 Å². The SMILES string of the molecule is CCCC(C)C(=O)Nc1ccc(OCC)c(S(=O)(=O)N2CCCCC2)c1. The lowest BCUT2D eigenvalue weighted by Crippen LogP contribution is -2.35. The number of rotatable bonds is 8. The van der Waals surface area contributed by atoms with Gasteiger partial charge in [-0.3, -0.25) is 4.79 Å². The molecule has 1 unspecified atom stereocenters. The first-order valence-electron chi connectivity index (χ1n) is 9.48. The molecule has 0 spiro atoms. The summed E-state index contributed by atoms with van der Waals surface area (Å²) in [5.74, 6) is 0.115. The summed E-state index contributed by atoms with van der Waals surface area (Å²) in [6.07, 6.45) is 4.51. The van der Waals surface area contributed by atoms with Crippen LogP contribution in [0, 0.1) is 5.92 Å².